The second-order valence-corrected chi connectivity index (χ2v) is 6.60. The SMILES string of the molecule is CC(=O)Nc1cc(C)c(OCc2nc3ccccc3s2)c(C)c1. The molecule has 0 saturated carbocycles. The number of carbonyl (C=O) groups excluding carboxylic acids is 1. The quantitative estimate of drug-likeness (QED) is 0.770. The van der Waals surface area contributed by atoms with E-state index in [0.717, 1.165) is 33.1 Å². The molecule has 1 amide bonds. The maximum absolute atomic E-state index is 11.2. The minimum absolute atomic E-state index is 0.0769. The zero-order chi connectivity index (χ0) is 16.4. The molecule has 0 aliphatic rings. The summed E-state index contributed by atoms with van der Waals surface area (Å²) in [4.78, 5) is 15.7. The second-order valence-electron chi connectivity index (χ2n) is 5.48. The van der Waals surface area contributed by atoms with Crippen LogP contribution in [0.15, 0.2) is 36.4 Å². The molecule has 118 valence electrons. The molecule has 23 heavy (non-hydrogen) atoms. The molecule has 5 heteroatoms. The Labute approximate surface area is 139 Å². The van der Waals surface area contributed by atoms with Gasteiger partial charge in [0.05, 0.1) is 10.2 Å². The number of aromatic nitrogens is 1. The number of benzene rings is 2. The van der Waals surface area contributed by atoms with E-state index in [1.165, 1.54) is 11.6 Å². The Balaban J connectivity index is 1.78. The van der Waals surface area contributed by atoms with E-state index in [-0.39, 0.29) is 5.91 Å². The standard InChI is InChI=1S/C18H18N2O2S/c1-11-8-14(19-13(3)21)9-12(2)18(11)22-10-17-20-15-6-4-5-7-16(15)23-17/h4-9H,10H2,1-3H3,(H,19,21). The molecule has 0 aliphatic heterocycles. The van der Waals surface area contributed by atoms with Gasteiger partial charge in [-0.25, -0.2) is 4.98 Å². The van der Waals surface area contributed by atoms with Gasteiger partial charge in [0.1, 0.15) is 17.4 Å². The molecule has 3 aromatic rings. The number of ether oxygens (including phenoxy) is 1. The van der Waals surface area contributed by atoms with Crippen molar-refractivity contribution in [1.29, 1.82) is 0 Å². The van der Waals surface area contributed by atoms with Crippen molar-refractivity contribution in [2.24, 2.45) is 0 Å². The maximum atomic E-state index is 11.2. The molecule has 0 aliphatic carbocycles. The minimum Gasteiger partial charge on any atom is -0.486 e. The highest BCUT2D eigenvalue weighted by Crippen LogP contribution is 2.29. The molecular formula is C18H18N2O2S. The van der Waals surface area contributed by atoms with Gasteiger partial charge in [0.2, 0.25) is 5.91 Å². The molecule has 0 atom stereocenters. The lowest BCUT2D eigenvalue weighted by Crippen LogP contribution is -2.07. The van der Waals surface area contributed by atoms with Crippen molar-refractivity contribution in [1.82, 2.24) is 4.98 Å². The fraction of sp³-hybridized carbons (Fsp3) is 0.222. The molecule has 1 N–H and O–H groups in total. The maximum Gasteiger partial charge on any atom is 0.221 e. The number of nitrogens with zero attached hydrogens (tertiary/aromatic N) is 1. The summed E-state index contributed by atoms with van der Waals surface area (Å²) in [5.41, 5.74) is 3.79. The highest BCUT2D eigenvalue weighted by atomic mass is 32.1. The lowest BCUT2D eigenvalue weighted by molar-refractivity contribution is -0.114. The number of rotatable bonds is 4. The Morgan fingerprint density at radius 3 is 2.57 bits per heavy atom. The van der Waals surface area contributed by atoms with E-state index in [2.05, 4.69) is 16.4 Å². The van der Waals surface area contributed by atoms with Gasteiger partial charge >= 0.3 is 0 Å². The van der Waals surface area contributed by atoms with Crippen LogP contribution < -0.4 is 10.1 Å². The van der Waals surface area contributed by atoms with Gasteiger partial charge in [-0.1, -0.05) is 12.1 Å². The summed E-state index contributed by atoms with van der Waals surface area (Å²) in [6.07, 6.45) is 0. The average Bonchev–Trinajstić information content (AvgIpc) is 2.88. The van der Waals surface area contributed by atoms with Crippen molar-refractivity contribution < 1.29 is 9.53 Å². The number of hydrogen-bond acceptors (Lipinski definition) is 4. The smallest absolute Gasteiger partial charge is 0.221 e. The van der Waals surface area contributed by atoms with Gasteiger partial charge in [0.15, 0.2) is 0 Å². The molecule has 0 bridgehead atoms. The van der Waals surface area contributed by atoms with E-state index < -0.39 is 0 Å². The lowest BCUT2D eigenvalue weighted by Gasteiger charge is -2.13. The van der Waals surface area contributed by atoms with Crippen LogP contribution in [0.3, 0.4) is 0 Å². The third-order valence-corrected chi connectivity index (χ3v) is 4.47. The van der Waals surface area contributed by atoms with Gasteiger partial charge < -0.3 is 10.1 Å². The van der Waals surface area contributed by atoms with Crippen molar-refractivity contribution in [2.45, 2.75) is 27.4 Å². The predicted molar refractivity (Wildman–Crippen MR) is 94.2 cm³/mol. The first-order valence-electron chi connectivity index (χ1n) is 7.39. The molecule has 4 nitrogen and oxygen atoms in total. The van der Waals surface area contributed by atoms with Crippen molar-refractivity contribution >= 4 is 33.1 Å². The van der Waals surface area contributed by atoms with Crippen molar-refractivity contribution in [2.75, 3.05) is 5.32 Å². The number of thiazole rings is 1. The Bertz CT molecular complexity index is 814. The summed E-state index contributed by atoms with van der Waals surface area (Å²) in [6.45, 7) is 5.90. The highest BCUT2D eigenvalue weighted by Gasteiger charge is 2.09. The van der Waals surface area contributed by atoms with Gasteiger partial charge in [-0.05, 0) is 49.2 Å². The van der Waals surface area contributed by atoms with Gasteiger partial charge in [0.25, 0.3) is 0 Å². The highest BCUT2D eigenvalue weighted by molar-refractivity contribution is 7.18. The summed E-state index contributed by atoms with van der Waals surface area (Å²) >= 11 is 1.65. The number of anilines is 1. The van der Waals surface area contributed by atoms with Crippen LogP contribution in [-0.4, -0.2) is 10.9 Å². The summed E-state index contributed by atoms with van der Waals surface area (Å²) in [6, 6.07) is 11.9. The molecule has 0 saturated heterocycles. The topological polar surface area (TPSA) is 51.2 Å². The van der Waals surface area contributed by atoms with Crippen LogP contribution in [0, 0.1) is 13.8 Å². The Kier molecular flexibility index (Phi) is 4.30. The fourth-order valence-corrected chi connectivity index (χ4v) is 3.45. The van der Waals surface area contributed by atoms with E-state index in [0.29, 0.717) is 6.61 Å². The zero-order valence-electron chi connectivity index (χ0n) is 13.3. The zero-order valence-corrected chi connectivity index (χ0v) is 14.2. The third kappa shape index (κ3) is 3.51. The number of hydrogen-bond donors (Lipinski definition) is 1. The normalized spacial score (nSPS) is 10.7. The monoisotopic (exact) mass is 326 g/mol. The van der Waals surface area contributed by atoms with Crippen molar-refractivity contribution in [3.63, 3.8) is 0 Å². The van der Waals surface area contributed by atoms with Gasteiger partial charge in [0, 0.05) is 12.6 Å². The number of fused-ring (bicyclic) bond motifs is 1. The Morgan fingerprint density at radius 2 is 1.91 bits per heavy atom. The van der Waals surface area contributed by atoms with E-state index in [1.54, 1.807) is 11.3 Å². The van der Waals surface area contributed by atoms with Crippen LogP contribution in [0.5, 0.6) is 5.75 Å². The molecule has 0 unspecified atom stereocenters. The largest absolute Gasteiger partial charge is 0.486 e. The average molecular weight is 326 g/mol. The molecule has 0 spiro atoms. The van der Waals surface area contributed by atoms with E-state index in [1.807, 2.05) is 44.2 Å². The number of para-hydroxylation sites is 1. The number of aryl methyl sites for hydroxylation is 2. The van der Waals surface area contributed by atoms with E-state index >= 15 is 0 Å². The van der Waals surface area contributed by atoms with Crippen LogP contribution in [0.25, 0.3) is 10.2 Å². The molecular weight excluding hydrogens is 308 g/mol. The van der Waals surface area contributed by atoms with Crippen molar-refractivity contribution in [3.05, 3.63) is 52.5 Å². The number of amides is 1. The molecule has 1 aromatic heterocycles. The first kappa shape index (κ1) is 15.5. The van der Waals surface area contributed by atoms with Crippen molar-refractivity contribution in [3.8, 4) is 5.75 Å². The van der Waals surface area contributed by atoms with Crippen LogP contribution in [0.1, 0.15) is 23.1 Å². The van der Waals surface area contributed by atoms with Crippen LogP contribution >= 0.6 is 11.3 Å². The lowest BCUT2D eigenvalue weighted by atomic mass is 10.1. The summed E-state index contributed by atoms with van der Waals surface area (Å²) in [5.74, 6) is 0.769. The predicted octanol–water partition coefficient (Wildman–Crippen LogP) is 4.45. The first-order valence-corrected chi connectivity index (χ1v) is 8.20. The molecule has 0 radical (unpaired) electrons. The number of nitrogens with one attached hydrogen (secondary N) is 1. The minimum atomic E-state index is -0.0769. The molecule has 3 rings (SSSR count). The van der Waals surface area contributed by atoms with E-state index in [9.17, 15) is 4.79 Å². The Hall–Kier alpha value is -2.40. The molecule has 0 fully saturated rings. The van der Waals surface area contributed by atoms with Crippen LogP contribution in [0.4, 0.5) is 5.69 Å². The van der Waals surface area contributed by atoms with Crippen LogP contribution in [-0.2, 0) is 11.4 Å². The summed E-state index contributed by atoms with van der Waals surface area (Å²) in [5, 5.41) is 3.75. The molecule has 1 heterocycles. The summed E-state index contributed by atoms with van der Waals surface area (Å²) < 4.78 is 7.15. The van der Waals surface area contributed by atoms with Crippen LogP contribution in [0.2, 0.25) is 0 Å². The fourth-order valence-electron chi connectivity index (χ4n) is 2.57. The molecule has 2 aromatic carbocycles. The first-order chi connectivity index (χ1) is 11.0. The second kappa shape index (κ2) is 6.38. The van der Waals surface area contributed by atoms with Gasteiger partial charge in [-0.3, -0.25) is 4.79 Å². The van der Waals surface area contributed by atoms with Gasteiger partial charge in [-0.2, -0.15) is 0 Å². The number of carbonyl (C=O) groups is 1. The Morgan fingerprint density at radius 1 is 1.22 bits per heavy atom. The summed E-state index contributed by atoms with van der Waals surface area (Å²) in [7, 11) is 0. The third-order valence-electron chi connectivity index (χ3n) is 3.46. The van der Waals surface area contributed by atoms with E-state index in [4.69, 9.17) is 4.74 Å². The van der Waals surface area contributed by atoms with Gasteiger partial charge in [-0.15, -0.1) is 11.3 Å².